The lowest BCUT2D eigenvalue weighted by Crippen LogP contribution is -2.31. The summed E-state index contributed by atoms with van der Waals surface area (Å²) in [5.41, 5.74) is 2.65. The summed E-state index contributed by atoms with van der Waals surface area (Å²) in [6, 6.07) is 10.8. The molecule has 2 aromatic carbocycles. The van der Waals surface area contributed by atoms with Gasteiger partial charge in [0.25, 0.3) is 5.91 Å². The molecule has 1 amide bonds. The number of carbonyl (C=O) groups is 2. The molecule has 8 heteroatoms. The minimum atomic E-state index is -3.75. The van der Waals surface area contributed by atoms with Crippen LogP contribution in [0.2, 0.25) is 0 Å². The van der Waals surface area contributed by atoms with E-state index in [2.05, 4.69) is 10.0 Å². The molecule has 29 heavy (non-hydrogen) atoms. The molecule has 0 radical (unpaired) electrons. The highest BCUT2D eigenvalue weighted by Crippen LogP contribution is 2.17. The molecule has 0 aliphatic heterocycles. The molecule has 7 nitrogen and oxygen atoms in total. The monoisotopic (exact) mass is 418 g/mol. The fourth-order valence-electron chi connectivity index (χ4n) is 2.64. The molecule has 2 N–H and O–H groups in total. The van der Waals surface area contributed by atoms with E-state index in [0.29, 0.717) is 5.69 Å². The fraction of sp³-hybridized carbons (Fsp3) is 0.333. The maximum atomic E-state index is 12.4. The van der Waals surface area contributed by atoms with Gasteiger partial charge in [-0.3, -0.25) is 4.79 Å². The molecule has 1 atom stereocenters. The Hall–Kier alpha value is -2.71. The number of benzene rings is 2. The number of esters is 1. The third-order valence-corrected chi connectivity index (χ3v) is 5.72. The van der Waals surface area contributed by atoms with Crippen LogP contribution in [0.25, 0.3) is 0 Å². The number of nitrogens with one attached hydrogen (secondary N) is 2. The molecule has 0 aliphatic carbocycles. The van der Waals surface area contributed by atoms with E-state index in [1.807, 2.05) is 26.0 Å². The van der Waals surface area contributed by atoms with Crippen LogP contribution in [0.4, 0.5) is 5.69 Å². The van der Waals surface area contributed by atoms with E-state index >= 15 is 0 Å². The van der Waals surface area contributed by atoms with Gasteiger partial charge in [0.15, 0.2) is 6.10 Å². The van der Waals surface area contributed by atoms with Gasteiger partial charge in [0.05, 0.1) is 10.5 Å². The maximum absolute atomic E-state index is 12.4. The Kier molecular flexibility index (Phi) is 7.16. The van der Waals surface area contributed by atoms with E-state index in [-0.39, 0.29) is 16.5 Å². The summed E-state index contributed by atoms with van der Waals surface area (Å²) in [7, 11) is -3.75. The number of rotatable bonds is 7. The Morgan fingerprint density at radius 1 is 1.00 bits per heavy atom. The largest absolute Gasteiger partial charge is 0.449 e. The first-order valence-electron chi connectivity index (χ1n) is 9.21. The third-order valence-electron chi connectivity index (χ3n) is 4.06. The summed E-state index contributed by atoms with van der Waals surface area (Å²) in [5, 5.41) is 2.73. The van der Waals surface area contributed by atoms with E-state index in [4.69, 9.17) is 4.74 Å². The van der Waals surface area contributed by atoms with E-state index in [1.54, 1.807) is 19.9 Å². The van der Waals surface area contributed by atoms with Crippen molar-refractivity contribution < 1.29 is 22.7 Å². The molecule has 0 aliphatic rings. The van der Waals surface area contributed by atoms with Crippen LogP contribution in [0.5, 0.6) is 0 Å². The quantitative estimate of drug-likeness (QED) is 0.673. The topological polar surface area (TPSA) is 102 Å². The molecule has 0 saturated heterocycles. The fourth-order valence-corrected chi connectivity index (χ4v) is 3.94. The third kappa shape index (κ3) is 6.13. The first kappa shape index (κ1) is 22.6. The number of hydrogen-bond donors (Lipinski definition) is 2. The molecule has 0 bridgehead atoms. The zero-order valence-electron chi connectivity index (χ0n) is 17.1. The number of amides is 1. The summed E-state index contributed by atoms with van der Waals surface area (Å²) in [6.45, 7) is 8.68. The van der Waals surface area contributed by atoms with Crippen LogP contribution < -0.4 is 10.0 Å². The summed E-state index contributed by atoms with van der Waals surface area (Å²) >= 11 is 0. The maximum Gasteiger partial charge on any atom is 0.338 e. The van der Waals surface area contributed by atoms with Gasteiger partial charge in [-0.25, -0.2) is 17.9 Å². The predicted molar refractivity (Wildman–Crippen MR) is 111 cm³/mol. The van der Waals surface area contributed by atoms with Crippen molar-refractivity contribution in [3.05, 3.63) is 59.2 Å². The van der Waals surface area contributed by atoms with Crippen molar-refractivity contribution in [3.63, 3.8) is 0 Å². The summed E-state index contributed by atoms with van der Waals surface area (Å²) in [6.07, 6.45) is -1.06. The lowest BCUT2D eigenvalue weighted by Gasteiger charge is -2.15. The van der Waals surface area contributed by atoms with Crippen molar-refractivity contribution in [1.29, 1.82) is 0 Å². The molecule has 0 saturated carbocycles. The highest BCUT2D eigenvalue weighted by atomic mass is 32.2. The molecule has 0 fully saturated rings. The van der Waals surface area contributed by atoms with Crippen LogP contribution in [-0.2, 0) is 19.6 Å². The first-order valence-corrected chi connectivity index (χ1v) is 10.7. The van der Waals surface area contributed by atoms with Gasteiger partial charge in [0.2, 0.25) is 10.0 Å². The second-order valence-electron chi connectivity index (χ2n) is 7.16. The second-order valence-corrected chi connectivity index (χ2v) is 8.87. The van der Waals surface area contributed by atoms with Gasteiger partial charge in [-0.15, -0.1) is 0 Å². The van der Waals surface area contributed by atoms with E-state index < -0.39 is 28.0 Å². The van der Waals surface area contributed by atoms with Crippen molar-refractivity contribution in [2.45, 2.75) is 51.7 Å². The van der Waals surface area contributed by atoms with Crippen molar-refractivity contribution in [2.24, 2.45) is 0 Å². The predicted octanol–water partition coefficient (Wildman–Crippen LogP) is 3.17. The van der Waals surface area contributed by atoms with Gasteiger partial charge in [0, 0.05) is 11.7 Å². The van der Waals surface area contributed by atoms with Gasteiger partial charge in [0.1, 0.15) is 0 Å². The minimum Gasteiger partial charge on any atom is -0.449 e. The molecular weight excluding hydrogens is 392 g/mol. The van der Waals surface area contributed by atoms with Gasteiger partial charge in [-0.2, -0.15) is 0 Å². The van der Waals surface area contributed by atoms with Crippen LogP contribution >= 0.6 is 0 Å². The number of hydrogen-bond acceptors (Lipinski definition) is 5. The Morgan fingerprint density at radius 3 is 2.31 bits per heavy atom. The van der Waals surface area contributed by atoms with Gasteiger partial charge >= 0.3 is 5.97 Å². The van der Waals surface area contributed by atoms with E-state index in [9.17, 15) is 18.0 Å². The highest BCUT2D eigenvalue weighted by Gasteiger charge is 2.22. The van der Waals surface area contributed by atoms with Gasteiger partial charge in [-0.05, 0) is 64.4 Å². The SMILES string of the molecule is Cc1ccc(NC(=O)[C@H](C)OC(=O)c2cccc(S(=O)(=O)NC(C)C)c2)c(C)c1. The summed E-state index contributed by atoms with van der Waals surface area (Å²) in [4.78, 5) is 24.7. The van der Waals surface area contributed by atoms with Crippen LogP contribution in [0.1, 0.15) is 42.3 Å². The van der Waals surface area contributed by atoms with Crippen LogP contribution in [0.15, 0.2) is 47.4 Å². The number of sulfonamides is 1. The number of aryl methyl sites for hydroxylation is 2. The minimum absolute atomic E-state index is 0.0443. The van der Waals surface area contributed by atoms with Gasteiger partial charge in [-0.1, -0.05) is 23.8 Å². The molecular formula is C21H26N2O5S. The van der Waals surface area contributed by atoms with Crippen molar-refractivity contribution in [3.8, 4) is 0 Å². The molecule has 156 valence electrons. The lowest BCUT2D eigenvalue weighted by molar-refractivity contribution is -0.123. The number of anilines is 1. The molecule has 2 aromatic rings. The van der Waals surface area contributed by atoms with Crippen LogP contribution in [0.3, 0.4) is 0 Å². The lowest BCUT2D eigenvalue weighted by atomic mass is 10.1. The Balaban J connectivity index is 2.09. The van der Waals surface area contributed by atoms with E-state index in [0.717, 1.165) is 11.1 Å². The molecule has 0 unspecified atom stereocenters. The second kappa shape index (κ2) is 9.19. The average Bonchev–Trinajstić information content (AvgIpc) is 2.63. The molecule has 2 rings (SSSR count). The summed E-state index contributed by atoms with van der Waals surface area (Å²) < 4.78 is 32.2. The first-order chi connectivity index (χ1) is 13.5. The van der Waals surface area contributed by atoms with E-state index in [1.165, 1.54) is 31.2 Å². The number of ether oxygens (including phenoxy) is 1. The van der Waals surface area contributed by atoms with Crippen LogP contribution in [0, 0.1) is 13.8 Å². The zero-order chi connectivity index (χ0) is 21.8. The van der Waals surface area contributed by atoms with Crippen molar-refractivity contribution >= 4 is 27.6 Å². The number of carbonyl (C=O) groups excluding carboxylic acids is 2. The summed E-state index contributed by atoms with van der Waals surface area (Å²) in [5.74, 6) is -1.26. The standard InChI is InChI=1S/C21H26N2O5S/c1-13(2)23-29(26,27)18-8-6-7-17(12-18)21(25)28-16(5)20(24)22-19-10-9-14(3)11-15(19)4/h6-13,16,23H,1-5H3,(H,22,24)/t16-/m0/s1. The van der Waals surface area contributed by atoms with Crippen molar-refractivity contribution in [1.82, 2.24) is 4.72 Å². The Labute approximate surface area is 171 Å². The van der Waals surface area contributed by atoms with Crippen LogP contribution in [-0.4, -0.2) is 32.4 Å². The molecule has 0 spiro atoms. The Morgan fingerprint density at radius 2 is 1.69 bits per heavy atom. The smallest absolute Gasteiger partial charge is 0.338 e. The molecule has 0 aromatic heterocycles. The normalized spacial score (nSPS) is 12.5. The highest BCUT2D eigenvalue weighted by molar-refractivity contribution is 7.89. The molecule has 0 heterocycles. The average molecular weight is 419 g/mol. The van der Waals surface area contributed by atoms with Crippen molar-refractivity contribution in [2.75, 3.05) is 5.32 Å². The Bertz CT molecular complexity index is 1020. The van der Waals surface area contributed by atoms with Gasteiger partial charge < -0.3 is 10.1 Å². The zero-order valence-corrected chi connectivity index (χ0v) is 18.0.